The third kappa shape index (κ3) is 6.87. The molecule has 0 saturated carbocycles. The normalized spacial score (nSPS) is 12.2. The summed E-state index contributed by atoms with van der Waals surface area (Å²) in [6.45, 7) is 22.9. The van der Waals surface area contributed by atoms with Crippen molar-refractivity contribution in [3.63, 3.8) is 0 Å². The molecule has 0 aliphatic heterocycles. The molecular formula is C41H57N3. The minimum absolute atomic E-state index is 0.00395. The first-order chi connectivity index (χ1) is 21.0. The second-order valence-electron chi connectivity index (χ2n) is 14.1. The minimum atomic E-state index is 0.00395. The van der Waals surface area contributed by atoms with Crippen molar-refractivity contribution in [3.05, 3.63) is 88.2 Å². The zero-order valence-electron chi connectivity index (χ0n) is 29.4. The second kappa shape index (κ2) is 14.3. The molecule has 0 radical (unpaired) electrons. The zero-order chi connectivity index (χ0) is 32.1. The van der Waals surface area contributed by atoms with E-state index in [2.05, 4.69) is 128 Å². The smallest absolute Gasteiger partial charge is 0.168 e. The summed E-state index contributed by atoms with van der Waals surface area (Å²) in [6, 6.07) is 20.8. The predicted octanol–water partition coefficient (Wildman–Crippen LogP) is 11.7. The van der Waals surface area contributed by atoms with Crippen LogP contribution in [0, 0.1) is 13.8 Å². The van der Waals surface area contributed by atoms with E-state index >= 15 is 0 Å². The van der Waals surface area contributed by atoms with Crippen molar-refractivity contribution in [3.8, 4) is 28.2 Å². The molecule has 0 atom stereocenters. The molecule has 4 aromatic rings. The Balaban J connectivity index is 2.00. The van der Waals surface area contributed by atoms with Gasteiger partial charge in [-0.05, 0) is 102 Å². The Morgan fingerprint density at radius 1 is 0.682 bits per heavy atom. The van der Waals surface area contributed by atoms with Crippen LogP contribution in [0.1, 0.15) is 134 Å². The zero-order valence-corrected chi connectivity index (χ0v) is 29.4. The lowest BCUT2D eigenvalue weighted by Crippen LogP contribution is -2.30. The summed E-state index contributed by atoms with van der Waals surface area (Å²) in [7, 11) is 0. The quantitative estimate of drug-likeness (QED) is 0.155. The van der Waals surface area contributed by atoms with Crippen molar-refractivity contribution in [2.75, 3.05) is 0 Å². The molecule has 3 nitrogen and oxygen atoms in total. The van der Waals surface area contributed by atoms with E-state index in [1.807, 2.05) is 0 Å². The molecule has 0 bridgehead atoms. The van der Waals surface area contributed by atoms with Gasteiger partial charge in [0.25, 0.3) is 0 Å². The molecule has 0 N–H and O–H groups in total. The maximum atomic E-state index is 5.13. The Hall–Kier alpha value is -3.20. The van der Waals surface area contributed by atoms with E-state index in [0.29, 0.717) is 0 Å². The highest BCUT2D eigenvalue weighted by molar-refractivity contribution is 5.76. The van der Waals surface area contributed by atoms with Crippen molar-refractivity contribution in [2.45, 2.75) is 138 Å². The van der Waals surface area contributed by atoms with Crippen molar-refractivity contribution in [1.29, 1.82) is 0 Å². The molecule has 0 aliphatic carbocycles. The van der Waals surface area contributed by atoms with Gasteiger partial charge in [0, 0.05) is 11.0 Å². The van der Waals surface area contributed by atoms with Gasteiger partial charge in [0.1, 0.15) is 5.82 Å². The highest BCUT2D eigenvalue weighted by Gasteiger charge is 2.37. The van der Waals surface area contributed by atoms with Crippen LogP contribution in [0.15, 0.2) is 54.6 Å². The molecule has 0 amide bonds. The summed E-state index contributed by atoms with van der Waals surface area (Å²) in [5.41, 5.74) is 11.9. The molecule has 0 unspecified atom stereocenters. The van der Waals surface area contributed by atoms with Crippen LogP contribution in [0.3, 0.4) is 0 Å². The minimum Gasteiger partial charge on any atom is -0.278 e. The van der Waals surface area contributed by atoms with Crippen molar-refractivity contribution in [2.24, 2.45) is 0 Å². The van der Waals surface area contributed by atoms with Gasteiger partial charge in [-0.3, -0.25) is 4.57 Å². The van der Waals surface area contributed by atoms with E-state index in [0.717, 1.165) is 75.0 Å². The lowest BCUT2D eigenvalue weighted by atomic mass is 9.74. The van der Waals surface area contributed by atoms with Crippen LogP contribution in [0.25, 0.3) is 28.2 Å². The largest absolute Gasteiger partial charge is 0.278 e. The van der Waals surface area contributed by atoms with Crippen LogP contribution in [0.4, 0.5) is 0 Å². The molecule has 0 fully saturated rings. The van der Waals surface area contributed by atoms with Crippen LogP contribution >= 0.6 is 0 Å². The first kappa shape index (κ1) is 33.7. The van der Waals surface area contributed by atoms with Gasteiger partial charge in [-0.1, -0.05) is 124 Å². The van der Waals surface area contributed by atoms with Gasteiger partial charge >= 0.3 is 0 Å². The first-order valence-corrected chi connectivity index (χ1v) is 17.3. The molecule has 3 heteroatoms. The third-order valence-electron chi connectivity index (χ3n) is 9.44. The Morgan fingerprint density at radius 2 is 1.30 bits per heavy atom. The van der Waals surface area contributed by atoms with E-state index in [4.69, 9.17) is 10.2 Å². The maximum absolute atomic E-state index is 5.13. The number of hydrogen-bond donors (Lipinski definition) is 0. The molecule has 0 saturated heterocycles. The van der Waals surface area contributed by atoms with Crippen molar-refractivity contribution in [1.82, 2.24) is 14.8 Å². The third-order valence-corrected chi connectivity index (χ3v) is 9.44. The monoisotopic (exact) mass is 591 g/mol. The highest BCUT2D eigenvalue weighted by atomic mass is 15.3. The number of benzene rings is 3. The average molecular weight is 592 g/mol. The molecule has 0 spiro atoms. The summed E-state index contributed by atoms with van der Waals surface area (Å²) in [6.07, 6.45) is 9.98. The van der Waals surface area contributed by atoms with Crippen LogP contribution in [0.5, 0.6) is 0 Å². The molecule has 3 aromatic carbocycles. The van der Waals surface area contributed by atoms with E-state index in [-0.39, 0.29) is 10.8 Å². The summed E-state index contributed by atoms with van der Waals surface area (Å²) >= 11 is 0. The lowest BCUT2D eigenvalue weighted by molar-refractivity contribution is 0.304. The first-order valence-electron chi connectivity index (χ1n) is 17.3. The molecule has 0 aliphatic rings. The van der Waals surface area contributed by atoms with Gasteiger partial charge in [0.15, 0.2) is 5.82 Å². The van der Waals surface area contributed by atoms with Gasteiger partial charge in [-0.15, -0.1) is 10.2 Å². The number of rotatable bonds is 13. The van der Waals surface area contributed by atoms with E-state index < -0.39 is 0 Å². The number of aryl methyl sites for hydroxylation is 4. The van der Waals surface area contributed by atoms with Gasteiger partial charge in [-0.25, -0.2) is 0 Å². The Kier molecular flexibility index (Phi) is 10.9. The fourth-order valence-corrected chi connectivity index (χ4v) is 7.40. The Labute approximate surface area is 268 Å². The summed E-state index contributed by atoms with van der Waals surface area (Å²) in [4.78, 5) is 0. The van der Waals surface area contributed by atoms with Gasteiger partial charge in [0.05, 0.1) is 5.69 Å². The van der Waals surface area contributed by atoms with Crippen LogP contribution in [-0.4, -0.2) is 14.8 Å². The van der Waals surface area contributed by atoms with Gasteiger partial charge < -0.3 is 0 Å². The Bertz CT molecular complexity index is 1510. The lowest BCUT2D eigenvalue weighted by Gasteiger charge is -2.33. The second-order valence-corrected chi connectivity index (χ2v) is 14.1. The average Bonchev–Trinajstić information content (AvgIpc) is 3.43. The van der Waals surface area contributed by atoms with E-state index in [1.54, 1.807) is 0 Å². The van der Waals surface area contributed by atoms with E-state index in [9.17, 15) is 0 Å². The summed E-state index contributed by atoms with van der Waals surface area (Å²) < 4.78 is 2.47. The van der Waals surface area contributed by atoms with Gasteiger partial charge in [-0.2, -0.15) is 0 Å². The number of hydrogen-bond acceptors (Lipinski definition) is 2. The fraction of sp³-hybridized carbons (Fsp3) is 0.512. The van der Waals surface area contributed by atoms with Crippen LogP contribution < -0.4 is 0 Å². The van der Waals surface area contributed by atoms with Crippen LogP contribution in [-0.2, 0) is 23.7 Å². The summed E-state index contributed by atoms with van der Waals surface area (Å²) in [5, 5.41) is 10.2. The van der Waals surface area contributed by atoms with Crippen molar-refractivity contribution < 1.29 is 0 Å². The molecule has 236 valence electrons. The number of nitrogens with zero attached hydrogens (tertiary/aromatic N) is 3. The summed E-state index contributed by atoms with van der Waals surface area (Å²) in [5.74, 6) is 2.10. The predicted molar refractivity (Wildman–Crippen MR) is 190 cm³/mol. The molecule has 44 heavy (non-hydrogen) atoms. The fourth-order valence-electron chi connectivity index (χ4n) is 7.40. The SMILES string of the molecule is CCCc1cc(CC)ccc1-n1c(-c2cccc(-c3c(C)cc(C(C)(C)C)cc3C)c2)nnc1C(CCC)(CCC)CCC. The topological polar surface area (TPSA) is 30.7 Å². The van der Waals surface area contributed by atoms with Crippen molar-refractivity contribution >= 4 is 0 Å². The van der Waals surface area contributed by atoms with E-state index in [1.165, 1.54) is 44.6 Å². The molecule has 4 rings (SSSR count). The maximum Gasteiger partial charge on any atom is 0.168 e. The Morgan fingerprint density at radius 3 is 1.84 bits per heavy atom. The molecular weight excluding hydrogens is 534 g/mol. The van der Waals surface area contributed by atoms with Crippen LogP contribution in [0.2, 0.25) is 0 Å². The molecule has 1 aromatic heterocycles. The standard InChI is InChI=1S/C41H57N3/c1-11-17-32-27-31(15-5)20-21-36(32)44-38(42-43-39(44)41(22-12-2,23-13-3)24-14-4)34-19-16-18-33(28-34)37-29(6)25-35(26-30(37)7)40(8,9)10/h16,18-21,25-28H,11-15,17,22-24H2,1-10H3. The highest BCUT2D eigenvalue weighted by Crippen LogP contribution is 2.42. The molecule has 1 heterocycles. The number of aromatic nitrogens is 3. The van der Waals surface area contributed by atoms with Gasteiger partial charge in [0.2, 0.25) is 0 Å².